The van der Waals surface area contributed by atoms with E-state index in [4.69, 9.17) is 21.1 Å². The van der Waals surface area contributed by atoms with E-state index in [1.807, 2.05) is 0 Å². The molecule has 1 aliphatic heterocycles. The van der Waals surface area contributed by atoms with Gasteiger partial charge in [0.1, 0.15) is 17.0 Å². The Labute approximate surface area is 157 Å². The molecule has 0 saturated carbocycles. The number of hydrogen-bond donors (Lipinski definition) is 2. The summed E-state index contributed by atoms with van der Waals surface area (Å²) in [4.78, 5) is 24.4. The second-order valence-corrected chi connectivity index (χ2v) is 7.61. The van der Waals surface area contributed by atoms with Gasteiger partial charge in [-0.05, 0) is 51.8 Å². The number of carbonyl (C=O) groups is 2. The van der Waals surface area contributed by atoms with Crippen molar-refractivity contribution in [3.8, 4) is 0 Å². The highest BCUT2D eigenvalue weighted by Gasteiger charge is 2.45. The van der Waals surface area contributed by atoms with Crippen LogP contribution in [0.15, 0.2) is 12.1 Å². The van der Waals surface area contributed by atoms with Gasteiger partial charge in [0.2, 0.25) is 0 Å². The Morgan fingerprint density at radius 1 is 1.38 bits per heavy atom. The highest BCUT2D eigenvalue weighted by atomic mass is 35.5. The Morgan fingerprint density at radius 2 is 2.08 bits per heavy atom. The number of carbonyl (C=O) groups excluding carboxylic acids is 2. The Hall–Kier alpha value is -2.02. The number of esters is 1. The molecule has 1 heterocycles. The van der Waals surface area contributed by atoms with Gasteiger partial charge in [0, 0.05) is 18.7 Å². The van der Waals surface area contributed by atoms with E-state index in [2.05, 4.69) is 10.6 Å². The van der Waals surface area contributed by atoms with Crippen molar-refractivity contribution in [1.29, 1.82) is 0 Å². The van der Waals surface area contributed by atoms with Crippen LogP contribution in [0.4, 0.5) is 14.9 Å². The normalized spacial score (nSPS) is 18.7. The average molecular weight is 387 g/mol. The third-order valence-corrected chi connectivity index (χ3v) is 4.19. The lowest BCUT2D eigenvalue weighted by Gasteiger charge is -2.28. The molecule has 1 aromatic carbocycles. The lowest BCUT2D eigenvalue weighted by atomic mass is 9.91. The fourth-order valence-corrected chi connectivity index (χ4v) is 2.98. The second kappa shape index (κ2) is 7.70. The smallest absolute Gasteiger partial charge is 0.407 e. The number of amides is 1. The van der Waals surface area contributed by atoms with E-state index < -0.39 is 29.0 Å². The molecule has 0 spiro atoms. The van der Waals surface area contributed by atoms with Crippen molar-refractivity contribution in [2.45, 2.75) is 51.7 Å². The maximum absolute atomic E-state index is 13.7. The predicted octanol–water partition coefficient (Wildman–Crippen LogP) is 3.66. The molecule has 1 atom stereocenters. The highest BCUT2D eigenvalue weighted by Crippen LogP contribution is 2.38. The Bertz CT molecular complexity index is 672. The molecule has 1 aromatic rings. The van der Waals surface area contributed by atoms with Crippen molar-refractivity contribution < 1.29 is 23.5 Å². The number of fused-ring (bicyclic) bond motifs is 1. The van der Waals surface area contributed by atoms with Gasteiger partial charge in [0.25, 0.3) is 0 Å². The molecule has 0 fully saturated rings. The van der Waals surface area contributed by atoms with Crippen molar-refractivity contribution in [3.63, 3.8) is 0 Å². The Kier molecular flexibility index (Phi) is 6.01. The number of alkyl carbamates (subject to hydrolysis) is 1. The number of benzene rings is 1. The van der Waals surface area contributed by atoms with Gasteiger partial charge >= 0.3 is 12.1 Å². The molecular weight excluding hydrogens is 363 g/mol. The average Bonchev–Trinajstić information content (AvgIpc) is 2.85. The molecule has 2 N–H and O–H groups in total. The Balaban J connectivity index is 2.11. The number of hydrogen-bond acceptors (Lipinski definition) is 5. The first-order chi connectivity index (χ1) is 12.1. The molecule has 2 rings (SSSR count). The van der Waals surface area contributed by atoms with Crippen LogP contribution >= 0.6 is 11.6 Å². The molecule has 6 nitrogen and oxygen atoms in total. The zero-order valence-corrected chi connectivity index (χ0v) is 16.1. The van der Waals surface area contributed by atoms with E-state index >= 15 is 0 Å². The minimum absolute atomic E-state index is 0.0252. The molecule has 8 heteroatoms. The molecule has 0 saturated heterocycles. The molecule has 0 bridgehead atoms. The third-order valence-electron chi connectivity index (χ3n) is 3.90. The van der Waals surface area contributed by atoms with E-state index in [0.29, 0.717) is 11.3 Å². The van der Waals surface area contributed by atoms with Crippen LogP contribution < -0.4 is 10.6 Å². The summed E-state index contributed by atoms with van der Waals surface area (Å²) >= 11 is 5.83. The molecule has 0 aliphatic carbocycles. The number of rotatable bonds is 5. The summed E-state index contributed by atoms with van der Waals surface area (Å²) in [5, 5.41) is 5.71. The van der Waals surface area contributed by atoms with Gasteiger partial charge in [0.15, 0.2) is 0 Å². The van der Waals surface area contributed by atoms with Crippen molar-refractivity contribution in [3.05, 3.63) is 28.5 Å². The van der Waals surface area contributed by atoms with Gasteiger partial charge < -0.3 is 20.1 Å². The fourth-order valence-electron chi connectivity index (χ4n) is 2.82. The second-order valence-electron chi connectivity index (χ2n) is 7.21. The van der Waals surface area contributed by atoms with Crippen LogP contribution in [0.5, 0.6) is 0 Å². The van der Waals surface area contributed by atoms with Gasteiger partial charge in [-0.25, -0.2) is 14.0 Å². The zero-order valence-electron chi connectivity index (χ0n) is 15.4. The summed E-state index contributed by atoms with van der Waals surface area (Å²) in [6.45, 7) is 7.40. The maximum atomic E-state index is 13.7. The summed E-state index contributed by atoms with van der Waals surface area (Å²) in [7, 11) is 0. The van der Waals surface area contributed by atoms with Gasteiger partial charge in [-0.2, -0.15) is 0 Å². The number of ether oxygens (including phenoxy) is 2. The van der Waals surface area contributed by atoms with Crippen molar-refractivity contribution >= 4 is 29.4 Å². The molecule has 1 amide bonds. The summed E-state index contributed by atoms with van der Waals surface area (Å²) in [5.74, 6) is -1.00. The SMILES string of the molecule is CCOC(=O)C1(CCNC(=O)OC(C)(C)C)Cc2cc(F)c(Cl)cc2N1. The van der Waals surface area contributed by atoms with E-state index in [0.717, 1.165) is 0 Å². The third kappa shape index (κ3) is 4.78. The van der Waals surface area contributed by atoms with E-state index in [1.54, 1.807) is 27.7 Å². The molecule has 0 aromatic heterocycles. The van der Waals surface area contributed by atoms with Crippen LogP contribution in [0.2, 0.25) is 5.02 Å². The van der Waals surface area contributed by atoms with Gasteiger partial charge in [-0.15, -0.1) is 0 Å². The first-order valence-electron chi connectivity index (χ1n) is 8.46. The highest BCUT2D eigenvalue weighted by molar-refractivity contribution is 6.31. The standard InChI is InChI=1S/C18H24ClFN2O4/c1-5-25-15(23)18(6-7-21-16(24)26-17(2,3)4)10-11-8-13(20)12(19)9-14(11)22-18/h8-9,22H,5-7,10H2,1-4H3,(H,21,24). The molecule has 1 unspecified atom stereocenters. The number of halogens is 2. The largest absolute Gasteiger partial charge is 0.464 e. The van der Waals surface area contributed by atoms with E-state index in [-0.39, 0.29) is 31.0 Å². The van der Waals surface area contributed by atoms with Crippen LogP contribution in [-0.2, 0) is 20.7 Å². The van der Waals surface area contributed by atoms with Gasteiger partial charge in [-0.3, -0.25) is 0 Å². The fraction of sp³-hybridized carbons (Fsp3) is 0.556. The van der Waals surface area contributed by atoms with Gasteiger partial charge in [0.05, 0.1) is 11.6 Å². The summed E-state index contributed by atoms with van der Waals surface area (Å²) in [6, 6.07) is 2.77. The van der Waals surface area contributed by atoms with E-state index in [1.165, 1.54) is 12.1 Å². The quantitative estimate of drug-likeness (QED) is 0.755. The van der Waals surface area contributed by atoms with Crippen molar-refractivity contribution in [1.82, 2.24) is 5.32 Å². The topological polar surface area (TPSA) is 76.7 Å². The first kappa shape index (κ1) is 20.3. The van der Waals surface area contributed by atoms with Crippen LogP contribution in [0.3, 0.4) is 0 Å². The minimum atomic E-state index is -1.09. The monoisotopic (exact) mass is 386 g/mol. The van der Waals surface area contributed by atoms with Crippen LogP contribution in [0.25, 0.3) is 0 Å². The zero-order chi connectivity index (χ0) is 19.5. The first-order valence-corrected chi connectivity index (χ1v) is 8.84. The molecular formula is C18H24ClFN2O4. The Morgan fingerprint density at radius 3 is 2.69 bits per heavy atom. The van der Waals surface area contributed by atoms with Gasteiger partial charge in [-0.1, -0.05) is 11.6 Å². The summed E-state index contributed by atoms with van der Waals surface area (Å²) < 4.78 is 24.1. The lowest BCUT2D eigenvalue weighted by molar-refractivity contribution is -0.148. The molecule has 144 valence electrons. The molecule has 26 heavy (non-hydrogen) atoms. The van der Waals surface area contributed by atoms with Crippen LogP contribution in [-0.4, -0.2) is 36.4 Å². The molecule has 0 radical (unpaired) electrons. The number of anilines is 1. The minimum Gasteiger partial charge on any atom is -0.464 e. The summed E-state index contributed by atoms with van der Waals surface area (Å²) in [5.41, 5.74) is -0.484. The van der Waals surface area contributed by atoms with Crippen LogP contribution in [0, 0.1) is 5.82 Å². The predicted molar refractivity (Wildman–Crippen MR) is 97.0 cm³/mol. The van der Waals surface area contributed by atoms with Crippen LogP contribution in [0.1, 0.15) is 39.7 Å². The van der Waals surface area contributed by atoms with Crippen molar-refractivity contribution in [2.75, 3.05) is 18.5 Å². The number of nitrogens with one attached hydrogen (secondary N) is 2. The summed E-state index contributed by atoms with van der Waals surface area (Å²) in [6.07, 6.45) is -0.0781. The molecule has 1 aliphatic rings. The van der Waals surface area contributed by atoms with E-state index in [9.17, 15) is 14.0 Å². The maximum Gasteiger partial charge on any atom is 0.407 e. The lowest BCUT2D eigenvalue weighted by Crippen LogP contribution is -2.48. The van der Waals surface area contributed by atoms with Crippen molar-refractivity contribution in [2.24, 2.45) is 0 Å².